The Balaban J connectivity index is 1.83. The van der Waals surface area contributed by atoms with Crippen LogP contribution in [0.15, 0.2) is 46.8 Å². The molecule has 3 aromatic rings. The number of hydrogen-bond acceptors (Lipinski definition) is 4. The van der Waals surface area contributed by atoms with Crippen molar-refractivity contribution in [3.63, 3.8) is 0 Å². The molecule has 0 saturated carbocycles. The number of thiophene rings is 1. The Morgan fingerprint density at radius 2 is 2.05 bits per heavy atom. The monoisotopic (exact) mass is 292 g/mol. The fourth-order valence-corrected chi connectivity index (χ4v) is 2.54. The lowest BCUT2D eigenvalue weighted by atomic mass is 10.2. The molecule has 2 aromatic heterocycles. The lowest BCUT2D eigenvalue weighted by Gasteiger charge is -2.07. The SMILES string of the molecule is O=c1c2sccc2ncn1OCc1ccc(Cl)cc1. The van der Waals surface area contributed by atoms with Gasteiger partial charge in [0.1, 0.15) is 17.6 Å². The van der Waals surface area contributed by atoms with Crippen molar-refractivity contribution in [2.45, 2.75) is 6.61 Å². The highest BCUT2D eigenvalue weighted by molar-refractivity contribution is 7.17. The molecule has 0 N–H and O–H groups in total. The third-order valence-electron chi connectivity index (χ3n) is 2.62. The highest BCUT2D eigenvalue weighted by Crippen LogP contribution is 2.13. The van der Waals surface area contributed by atoms with Crippen LogP contribution < -0.4 is 10.4 Å². The molecule has 0 aliphatic carbocycles. The number of halogens is 1. The summed E-state index contributed by atoms with van der Waals surface area (Å²) in [5.41, 5.74) is 1.44. The van der Waals surface area contributed by atoms with E-state index in [0.29, 0.717) is 15.2 Å². The van der Waals surface area contributed by atoms with Gasteiger partial charge in [-0.05, 0) is 29.1 Å². The van der Waals surface area contributed by atoms with Gasteiger partial charge in [-0.2, -0.15) is 0 Å². The first-order chi connectivity index (χ1) is 9.24. The quantitative estimate of drug-likeness (QED) is 0.745. The third kappa shape index (κ3) is 2.47. The normalized spacial score (nSPS) is 10.8. The molecule has 0 aliphatic rings. The van der Waals surface area contributed by atoms with E-state index < -0.39 is 0 Å². The van der Waals surface area contributed by atoms with Crippen molar-refractivity contribution in [2.75, 3.05) is 0 Å². The predicted octanol–water partition coefficient (Wildman–Crippen LogP) is 2.74. The summed E-state index contributed by atoms with van der Waals surface area (Å²) in [4.78, 5) is 21.7. The molecule has 3 rings (SSSR count). The summed E-state index contributed by atoms with van der Waals surface area (Å²) in [6.07, 6.45) is 1.40. The summed E-state index contributed by atoms with van der Waals surface area (Å²) in [6.45, 7) is 0.287. The van der Waals surface area contributed by atoms with Crippen molar-refractivity contribution in [3.8, 4) is 0 Å². The molecule has 0 saturated heterocycles. The number of aromatic nitrogens is 2. The number of hydrogen-bond donors (Lipinski definition) is 0. The van der Waals surface area contributed by atoms with E-state index in [0.717, 1.165) is 10.3 Å². The summed E-state index contributed by atoms with van der Waals surface area (Å²) < 4.78 is 1.76. The van der Waals surface area contributed by atoms with Gasteiger partial charge in [0, 0.05) is 5.02 Å². The number of fused-ring (bicyclic) bond motifs is 1. The molecule has 4 nitrogen and oxygen atoms in total. The van der Waals surface area contributed by atoms with E-state index in [1.54, 1.807) is 12.1 Å². The predicted molar refractivity (Wildman–Crippen MR) is 75.6 cm³/mol. The molecule has 1 aromatic carbocycles. The van der Waals surface area contributed by atoms with Crippen molar-refractivity contribution >= 4 is 33.2 Å². The number of benzene rings is 1. The van der Waals surface area contributed by atoms with Gasteiger partial charge in [0.25, 0.3) is 0 Å². The average Bonchev–Trinajstić information content (AvgIpc) is 2.89. The van der Waals surface area contributed by atoms with Crippen LogP contribution in [0.5, 0.6) is 0 Å². The summed E-state index contributed by atoms with van der Waals surface area (Å²) >= 11 is 7.16. The summed E-state index contributed by atoms with van der Waals surface area (Å²) in [7, 11) is 0. The van der Waals surface area contributed by atoms with Crippen molar-refractivity contribution in [3.05, 3.63) is 63.0 Å². The molecule has 2 heterocycles. The maximum Gasteiger partial charge on any atom is 0.304 e. The van der Waals surface area contributed by atoms with Crippen LogP contribution in [0, 0.1) is 0 Å². The van der Waals surface area contributed by atoms with Crippen LogP contribution in [0.3, 0.4) is 0 Å². The highest BCUT2D eigenvalue weighted by Gasteiger charge is 2.05. The highest BCUT2D eigenvalue weighted by atomic mass is 35.5. The van der Waals surface area contributed by atoms with Crippen LogP contribution >= 0.6 is 22.9 Å². The van der Waals surface area contributed by atoms with E-state index in [1.807, 2.05) is 23.6 Å². The Kier molecular flexibility index (Phi) is 3.23. The second kappa shape index (κ2) is 5.03. The fourth-order valence-electron chi connectivity index (χ4n) is 1.65. The third-order valence-corrected chi connectivity index (χ3v) is 3.77. The minimum Gasteiger partial charge on any atom is -0.404 e. The van der Waals surface area contributed by atoms with E-state index in [-0.39, 0.29) is 12.2 Å². The second-order valence-corrected chi connectivity index (χ2v) is 5.26. The van der Waals surface area contributed by atoms with Gasteiger partial charge in [-0.3, -0.25) is 4.79 Å². The van der Waals surface area contributed by atoms with Crippen molar-refractivity contribution in [2.24, 2.45) is 0 Å². The van der Waals surface area contributed by atoms with Crippen molar-refractivity contribution in [1.29, 1.82) is 0 Å². The minimum atomic E-state index is -0.186. The van der Waals surface area contributed by atoms with Gasteiger partial charge in [-0.15, -0.1) is 16.1 Å². The fraction of sp³-hybridized carbons (Fsp3) is 0.0769. The van der Waals surface area contributed by atoms with Gasteiger partial charge in [0.2, 0.25) is 0 Å². The maximum atomic E-state index is 12.1. The molecule has 0 spiro atoms. The molecule has 0 unspecified atom stereocenters. The first kappa shape index (κ1) is 12.2. The zero-order valence-corrected chi connectivity index (χ0v) is 11.3. The van der Waals surface area contributed by atoms with E-state index in [2.05, 4.69) is 4.98 Å². The van der Waals surface area contributed by atoms with Gasteiger partial charge in [-0.1, -0.05) is 23.7 Å². The van der Waals surface area contributed by atoms with Gasteiger partial charge >= 0.3 is 5.56 Å². The van der Waals surface area contributed by atoms with Crippen LogP contribution in [-0.4, -0.2) is 9.71 Å². The lowest BCUT2D eigenvalue weighted by molar-refractivity contribution is 0.0881. The molecule has 0 amide bonds. The van der Waals surface area contributed by atoms with Crippen LogP contribution in [0.2, 0.25) is 5.02 Å². The molecular weight excluding hydrogens is 284 g/mol. The topological polar surface area (TPSA) is 44.1 Å². The van der Waals surface area contributed by atoms with Crippen molar-refractivity contribution < 1.29 is 4.84 Å². The molecular formula is C13H9ClN2O2S. The first-order valence-electron chi connectivity index (χ1n) is 5.56. The Morgan fingerprint density at radius 3 is 2.84 bits per heavy atom. The Hall–Kier alpha value is -1.85. The molecule has 0 fully saturated rings. The number of nitrogens with zero attached hydrogens (tertiary/aromatic N) is 2. The zero-order valence-electron chi connectivity index (χ0n) is 9.75. The van der Waals surface area contributed by atoms with E-state index in [1.165, 1.54) is 17.7 Å². The van der Waals surface area contributed by atoms with Gasteiger partial charge in [0.05, 0.1) is 5.52 Å². The van der Waals surface area contributed by atoms with Gasteiger partial charge in [-0.25, -0.2) is 4.98 Å². The summed E-state index contributed by atoms with van der Waals surface area (Å²) in [6, 6.07) is 9.08. The Morgan fingerprint density at radius 1 is 1.26 bits per heavy atom. The lowest BCUT2D eigenvalue weighted by Crippen LogP contribution is -2.26. The largest absolute Gasteiger partial charge is 0.404 e. The average molecular weight is 293 g/mol. The molecule has 0 radical (unpaired) electrons. The smallest absolute Gasteiger partial charge is 0.304 e. The Labute approximate surface area is 117 Å². The van der Waals surface area contributed by atoms with Crippen LogP contribution in [0.4, 0.5) is 0 Å². The van der Waals surface area contributed by atoms with E-state index in [9.17, 15) is 4.79 Å². The van der Waals surface area contributed by atoms with Crippen molar-refractivity contribution in [1.82, 2.24) is 9.71 Å². The molecule has 19 heavy (non-hydrogen) atoms. The number of rotatable bonds is 3. The first-order valence-corrected chi connectivity index (χ1v) is 6.82. The van der Waals surface area contributed by atoms with E-state index >= 15 is 0 Å². The van der Waals surface area contributed by atoms with Gasteiger partial charge in [0.15, 0.2) is 0 Å². The molecule has 6 heteroatoms. The van der Waals surface area contributed by atoms with Crippen LogP contribution in [0.1, 0.15) is 5.56 Å². The van der Waals surface area contributed by atoms with Gasteiger partial charge < -0.3 is 4.84 Å². The van der Waals surface area contributed by atoms with E-state index in [4.69, 9.17) is 16.4 Å². The van der Waals surface area contributed by atoms with Crippen LogP contribution in [-0.2, 0) is 6.61 Å². The molecule has 96 valence electrons. The second-order valence-electron chi connectivity index (χ2n) is 3.91. The summed E-state index contributed by atoms with van der Waals surface area (Å²) in [5.74, 6) is 0. The van der Waals surface area contributed by atoms with Crippen LogP contribution in [0.25, 0.3) is 10.2 Å². The minimum absolute atomic E-state index is 0.186. The zero-order chi connectivity index (χ0) is 13.2. The standard InChI is InChI=1S/C13H9ClN2O2S/c14-10-3-1-9(2-4-10)7-18-16-8-15-11-5-6-19-12(11)13(16)17/h1-6,8H,7H2. The summed E-state index contributed by atoms with van der Waals surface area (Å²) in [5, 5.41) is 2.50. The Bertz CT molecular complexity index is 764. The maximum absolute atomic E-state index is 12.1. The molecule has 0 bridgehead atoms. The molecule has 0 atom stereocenters. The molecule has 0 aliphatic heterocycles.